The first kappa shape index (κ1) is 15.5. The Balaban J connectivity index is 2.58. The Morgan fingerprint density at radius 3 is 2.78 bits per heavy atom. The average molecular weight is 316 g/mol. The Kier molecular flexibility index (Phi) is 7.32. The summed E-state index contributed by atoms with van der Waals surface area (Å²) in [5, 5.41) is 12.1. The highest BCUT2D eigenvalue weighted by atomic mass is 79.9. The van der Waals surface area contributed by atoms with Crippen LogP contribution in [0.25, 0.3) is 0 Å². The first-order valence-corrected chi connectivity index (χ1v) is 7.18. The summed E-state index contributed by atoms with van der Waals surface area (Å²) in [6, 6.07) is 6.50. The van der Waals surface area contributed by atoms with E-state index in [4.69, 9.17) is 9.84 Å². The van der Waals surface area contributed by atoms with Gasteiger partial charge in [-0.1, -0.05) is 29.8 Å². The summed E-state index contributed by atoms with van der Waals surface area (Å²) >= 11 is 3.48. The SMILES string of the molecule is CC(C)NCc1cc(Br)ccc1OCCCCO. The van der Waals surface area contributed by atoms with Crippen molar-refractivity contribution in [3.63, 3.8) is 0 Å². The van der Waals surface area contributed by atoms with Crippen LogP contribution in [0.2, 0.25) is 0 Å². The number of aliphatic hydroxyl groups excluding tert-OH is 1. The lowest BCUT2D eigenvalue weighted by Gasteiger charge is -2.14. The van der Waals surface area contributed by atoms with Crippen LogP contribution in [0, 0.1) is 0 Å². The molecule has 2 N–H and O–H groups in total. The van der Waals surface area contributed by atoms with E-state index in [1.165, 1.54) is 0 Å². The molecule has 0 fully saturated rings. The molecular formula is C14H22BrNO2. The molecule has 18 heavy (non-hydrogen) atoms. The van der Waals surface area contributed by atoms with Crippen LogP contribution < -0.4 is 10.1 Å². The normalized spacial score (nSPS) is 10.9. The van der Waals surface area contributed by atoms with Gasteiger partial charge in [0, 0.05) is 29.2 Å². The van der Waals surface area contributed by atoms with Crippen LogP contribution in [0.5, 0.6) is 5.75 Å². The van der Waals surface area contributed by atoms with E-state index in [1.807, 2.05) is 12.1 Å². The molecule has 0 heterocycles. The maximum absolute atomic E-state index is 8.73. The molecule has 0 bridgehead atoms. The highest BCUT2D eigenvalue weighted by Crippen LogP contribution is 2.23. The third kappa shape index (κ3) is 5.85. The topological polar surface area (TPSA) is 41.5 Å². The number of hydrogen-bond donors (Lipinski definition) is 2. The van der Waals surface area contributed by atoms with Gasteiger partial charge in [0.2, 0.25) is 0 Å². The third-order valence-corrected chi connectivity index (χ3v) is 3.03. The molecule has 0 spiro atoms. The summed E-state index contributed by atoms with van der Waals surface area (Å²) in [6.07, 6.45) is 1.67. The zero-order chi connectivity index (χ0) is 13.4. The largest absolute Gasteiger partial charge is 0.493 e. The smallest absolute Gasteiger partial charge is 0.123 e. The van der Waals surface area contributed by atoms with Crippen molar-refractivity contribution in [2.45, 2.75) is 39.3 Å². The average Bonchev–Trinajstić information content (AvgIpc) is 2.34. The number of benzene rings is 1. The van der Waals surface area contributed by atoms with Crippen LogP contribution in [-0.2, 0) is 6.54 Å². The summed E-state index contributed by atoms with van der Waals surface area (Å²) in [5.41, 5.74) is 1.15. The Morgan fingerprint density at radius 1 is 1.33 bits per heavy atom. The van der Waals surface area contributed by atoms with E-state index in [1.54, 1.807) is 0 Å². The van der Waals surface area contributed by atoms with E-state index in [0.29, 0.717) is 12.6 Å². The van der Waals surface area contributed by atoms with Gasteiger partial charge in [-0.05, 0) is 31.0 Å². The van der Waals surface area contributed by atoms with Crippen molar-refractivity contribution in [2.24, 2.45) is 0 Å². The van der Waals surface area contributed by atoms with Crippen molar-refractivity contribution in [1.82, 2.24) is 5.32 Å². The van der Waals surface area contributed by atoms with Crippen molar-refractivity contribution in [3.8, 4) is 5.75 Å². The molecule has 0 aliphatic rings. The molecule has 0 saturated heterocycles. The Morgan fingerprint density at radius 2 is 2.11 bits per heavy atom. The van der Waals surface area contributed by atoms with Gasteiger partial charge in [0.05, 0.1) is 6.61 Å². The first-order chi connectivity index (χ1) is 8.63. The highest BCUT2D eigenvalue weighted by Gasteiger charge is 2.05. The van der Waals surface area contributed by atoms with Crippen molar-refractivity contribution >= 4 is 15.9 Å². The lowest BCUT2D eigenvalue weighted by atomic mass is 10.2. The van der Waals surface area contributed by atoms with E-state index >= 15 is 0 Å². The Hall–Kier alpha value is -0.580. The summed E-state index contributed by atoms with van der Waals surface area (Å²) in [7, 11) is 0. The van der Waals surface area contributed by atoms with Gasteiger partial charge in [-0.15, -0.1) is 0 Å². The molecule has 4 heteroatoms. The van der Waals surface area contributed by atoms with Crippen molar-refractivity contribution in [2.75, 3.05) is 13.2 Å². The molecule has 1 rings (SSSR count). The van der Waals surface area contributed by atoms with Gasteiger partial charge < -0.3 is 15.2 Å². The van der Waals surface area contributed by atoms with Crippen LogP contribution in [0.15, 0.2) is 22.7 Å². The van der Waals surface area contributed by atoms with Crippen molar-refractivity contribution in [1.29, 1.82) is 0 Å². The summed E-state index contributed by atoms with van der Waals surface area (Å²) < 4.78 is 6.82. The molecule has 0 aliphatic heterocycles. The lowest BCUT2D eigenvalue weighted by molar-refractivity contribution is 0.252. The van der Waals surface area contributed by atoms with Crippen LogP contribution in [0.4, 0.5) is 0 Å². The molecule has 3 nitrogen and oxygen atoms in total. The number of aliphatic hydroxyl groups is 1. The zero-order valence-corrected chi connectivity index (χ0v) is 12.7. The number of halogens is 1. The summed E-state index contributed by atoms with van der Waals surface area (Å²) in [4.78, 5) is 0. The molecule has 0 aromatic heterocycles. The van der Waals surface area contributed by atoms with Crippen LogP contribution >= 0.6 is 15.9 Å². The van der Waals surface area contributed by atoms with E-state index in [0.717, 1.165) is 35.2 Å². The van der Waals surface area contributed by atoms with Gasteiger partial charge in [0.25, 0.3) is 0 Å². The van der Waals surface area contributed by atoms with Crippen LogP contribution in [0.1, 0.15) is 32.3 Å². The first-order valence-electron chi connectivity index (χ1n) is 6.39. The molecule has 0 unspecified atom stereocenters. The molecule has 102 valence electrons. The fourth-order valence-corrected chi connectivity index (χ4v) is 1.95. The second-order valence-electron chi connectivity index (χ2n) is 4.57. The predicted octanol–water partition coefficient (Wildman–Crippen LogP) is 3.10. The Bertz CT molecular complexity index is 356. The van der Waals surface area contributed by atoms with Gasteiger partial charge in [-0.2, -0.15) is 0 Å². The molecule has 0 aliphatic carbocycles. The van der Waals surface area contributed by atoms with E-state index < -0.39 is 0 Å². The number of ether oxygens (including phenoxy) is 1. The van der Waals surface area contributed by atoms with Gasteiger partial charge >= 0.3 is 0 Å². The van der Waals surface area contributed by atoms with Gasteiger partial charge in [0.15, 0.2) is 0 Å². The summed E-state index contributed by atoms with van der Waals surface area (Å²) in [5.74, 6) is 0.921. The standard InChI is InChI=1S/C14H22BrNO2/c1-11(2)16-10-12-9-13(15)5-6-14(12)18-8-4-3-7-17/h5-6,9,11,16-17H,3-4,7-8,10H2,1-2H3. The van der Waals surface area contributed by atoms with Gasteiger partial charge in [-0.3, -0.25) is 0 Å². The molecule has 0 saturated carbocycles. The second kappa shape index (κ2) is 8.51. The van der Waals surface area contributed by atoms with Gasteiger partial charge in [-0.25, -0.2) is 0 Å². The minimum atomic E-state index is 0.228. The molecular weight excluding hydrogens is 294 g/mol. The lowest BCUT2D eigenvalue weighted by Crippen LogP contribution is -2.22. The Labute approximate surface area is 118 Å². The third-order valence-electron chi connectivity index (χ3n) is 2.53. The van der Waals surface area contributed by atoms with Crippen molar-refractivity contribution in [3.05, 3.63) is 28.2 Å². The minimum absolute atomic E-state index is 0.228. The molecule has 1 aromatic carbocycles. The van der Waals surface area contributed by atoms with Gasteiger partial charge in [0.1, 0.15) is 5.75 Å². The number of hydrogen-bond acceptors (Lipinski definition) is 3. The maximum Gasteiger partial charge on any atom is 0.123 e. The van der Waals surface area contributed by atoms with E-state index in [9.17, 15) is 0 Å². The van der Waals surface area contributed by atoms with Crippen molar-refractivity contribution < 1.29 is 9.84 Å². The van der Waals surface area contributed by atoms with E-state index in [-0.39, 0.29) is 6.61 Å². The van der Waals surface area contributed by atoms with Crippen LogP contribution in [-0.4, -0.2) is 24.4 Å². The number of rotatable bonds is 8. The fraction of sp³-hybridized carbons (Fsp3) is 0.571. The molecule has 0 amide bonds. The maximum atomic E-state index is 8.73. The fourth-order valence-electron chi connectivity index (χ4n) is 1.54. The zero-order valence-electron chi connectivity index (χ0n) is 11.1. The number of unbranched alkanes of at least 4 members (excludes halogenated alkanes) is 1. The molecule has 0 atom stereocenters. The number of nitrogens with one attached hydrogen (secondary N) is 1. The highest BCUT2D eigenvalue weighted by molar-refractivity contribution is 9.10. The quantitative estimate of drug-likeness (QED) is 0.724. The predicted molar refractivity (Wildman–Crippen MR) is 77.9 cm³/mol. The molecule has 0 radical (unpaired) electrons. The second-order valence-corrected chi connectivity index (χ2v) is 5.48. The monoisotopic (exact) mass is 315 g/mol. The molecule has 1 aromatic rings. The van der Waals surface area contributed by atoms with E-state index in [2.05, 4.69) is 41.2 Å². The van der Waals surface area contributed by atoms with Crippen LogP contribution in [0.3, 0.4) is 0 Å². The minimum Gasteiger partial charge on any atom is -0.493 e. The summed E-state index contributed by atoms with van der Waals surface area (Å²) in [6.45, 7) is 5.92.